The number of fused-ring (bicyclic) bond motifs is 1. The first-order valence-corrected chi connectivity index (χ1v) is 10.2. The van der Waals surface area contributed by atoms with E-state index in [1.807, 2.05) is 0 Å². The molecule has 3 aromatic rings. The maximum atomic E-state index is 12.8. The lowest BCUT2D eigenvalue weighted by Crippen LogP contribution is -2.35. The molecule has 0 radical (unpaired) electrons. The minimum atomic E-state index is -3.91. The Morgan fingerprint density at radius 2 is 2.07 bits per heavy atom. The van der Waals surface area contributed by atoms with E-state index >= 15 is 0 Å². The predicted molar refractivity (Wildman–Crippen MR) is 104 cm³/mol. The maximum Gasteiger partial charge on any atom is 0.245 e. The Bertz CT molecular complexity index is 1100. The molecule has 0 aliphatic carbocycles. The van der Waals surface area contributed by atoms with Crippen LogP contribution in [-0.2, 0) is 14.8 Å². The van der Waals surface area contributed by atoms with Gasteiger partial charge in [-0.1, -0.05) is 17.7 Å². The summed E-state index contributed by atoms with van der Waals surface area (Å²) in [4.78, 5) is 12.3. The molecule has 1 heterocycles. The van der Waals surface area contributed by atoms with Crippen LogP contribution in [0.25, 0.3) is 11.0 Å². The van der Waals surface area contributed by atoms with Crippen molar-refractivity contribution in [2.45, 2.75) is 4.90 Å². The lowest BCUT2D eigenvalue weighted by molar-refractivity contribution is -0.116. The molecular weight excluding hydrogens is 412 g/mol. The van der Waals surface area contributed by atoms with E-state index in [4.69, 9.17) is 16.3 Å². The highest BCUT2D eigenvalue weighted by Crippen LogP contribution is 2.27. The molecule has 0 atom stereocenters. The number of rotatable bonds is 6. The van der Waals surface area contributed by atoms with Gasteiger partial charge in [0, 0.05) is 12.7 Å². The largest absolute Gasteiger partial charge is 0.495 e. The van der Waals surface area contributed by atoms with Gasteiger partial charge in [-0.3, -0.25) is 4.79 Å². The molecule has 8 nitrogen and oxygen atoms in total. The average Bonchev–Trinajstić information content (AvgIpc) is 3.10. The number of hydrogen-bond acceptors (Lipinski definition) is 7. The van der Waals surface area contributed by atoms with E-state index < -0.39 is 15.9 Å². The Morgan fingerprint density at radius 3 is 2.78 bits per heavy atom. The summed E-state index contributed by atoms with van der Waals surface area (Å²) in [5.74, 6) is -0.0368. The number of benzene rings is 2. The first-order chi connectivity index (χ1) is 12.8. The highest BCUT2D eigenvalue weighted by molar-refractivity contribution is 7.89. The zero-order valence-electron chi connectivity index (χ0n) is 14.3. The molecule has 27 heavy (non-hydrogen) atoms. The number of nitrogens with one attached hydrogen (secondary N) is 1. The fraction of sp³-hybridized carbons (Fsp3) is 0.188. The quantitative estimate of drug-likeness (QED) is 0.650. The normalized spacial score (nSPS) is 11.7. The van der Waals surface area contributed by atoms with Crippen LogP contribution in [0.5, 0.6) is 5.75 Å². The van der Waals surface area contributed by atoms with Crippen LogP contribution in [0, 0.1) is 0 Å². The molecule has 1 aromatic heterocycles. The molecule has 3 rings (SSSR count). The van der Waals surface area contributed by atoms with Gasteiger partial charge in [-0.05, 0) is 30.3 Å². The van der Waals surface area contributed by atoms with Crippen molar-refractivity contribution in [2.75, 3.05) is 26.0 Å². The highest BCUT2D eigenvalue weighted by Gasteiger charge is 2.26. The van der Waals surface area contributed by atoms with Crippen LogP contribution < -0.4 is 10.1 Å². The molecule has 0 aliphatic rings. The standard InChI is InChI=1S/C16H15ClN4O4S2/c1-21(9-15(22)18-10-6-7-13(25-2)11(17)8-10)27(23,24)14-5-3-4-12-16(14)20-26-19-12/h3-8H,9H2,1-2H3,(H,18,22). The summed E-state index contributed by atoms with van der Waals surface area (Å²) >= 11 is 6.95. The molecule has 0 aliphatic heterocycles. The van der Waals surface area contributed by atoms with Crippen molar-refractivity contribution >= 4 is 56.0 Å². The van der Waals surface area contributed by atoms with Gasteiger partial charge in [0.2, 0.25) is 15.9 Å². The highest BCUT2D eigenvalue weighted by atomic mass is 35.5. The number of carbonyl (C=O) groups is 1. The fourth-order valence-electron chi connectivity index (χ4n) is 2.39. The van der Waals surface area contributed by atoms with Gasteiger partial charge in [-0.25, -0.2) is 8.42 Å². The molecule has 0 unspecified atom stereocenters. The summed E-state index contributed by atoms with van der Waals surface area (Å²) in [5, 5.41) is 2.94. The Kier molecular flexibility index (Phi) is 5.61. The van der Waals surface area contributed by atoms with Crippen molar-refractivity contribution in [3.63, 3.8) is 0 Å². The van der Waals surface area contributed by atoms with Gasteiger partial charge in [0.05, 0.1) is 30.4 Å². The Balaban J connectivity index is 1.76. The third kappa shape index (κ3) is 4.03. The smallest absolute Gasteiger partial charge is 0.245 e. The van der Waals surface area contributed by atoms with Crippen molar-refractivity contribution in [3.05, 3.63) is 41.4 Å². The van der Waals surface area contributed by atoms with Crippen LogP contribution in [0.3, 0.4) is 0 Å². The topological polar surface area (TPSA) is 101 Å². The third-order valence-corrected chi connectivity index (χ3v) is 6.41. The summed E-state index contributed by atoms with van der Waals surface area (Å²) in [6.45, 7) is -0.375. The SMILES string of the molecule is COc1ccc(NC(=O)CN(C)S(=O)(=O)c2cccc3nsnc23)cc1Cl. The molecule has 2 aromatic carbocycles. The van der Waals surface area contributed by atoms with Crippen molar-refractivity contribution in [1.82, 2.24) is 13.1 Å². The summed E-state index contributed by atoms with van der Waals surface area (Å²) in [5.41, 5.74) is 1.21. The molecule has 0 saturated carbocycles. The number of anilines is 1. The second kappa shape index (κ2) is 7.77. The number of nitrogens with zero attached hydrogens (tertiary/aromatic N) is 3. The van der Waals surface area contributed by atoms with Crippen molar-refractivity contribution in [2.24, 2.45) is 0 Å². The van der Waals surface area contributed by atoms with Gasteiger partial charge < -0.3 is 10.1 Å². The number of halogens is 1. The number of hydrogen-bond donors (Lipinski definition) is 1. The van der Waals surface area contributed by atoms with E-state index in [1.165, 1.54) is 26.3 Å². The zero-order chi connectivity index (χ0) is 19.6. The first kappa shape index (κ1) is 19.5. The number of ether oxygens (including phenoxy) is 1. The number of aromatic nitrogens is 2. The molecule has 142 valence electrons. The van der Waals surface area contributed by atoms with Crippen LogP contribution in [0.15, 0.2) is 41.3 Å². The number of methoxy groups -OCH3 is 1. The molecule has 1 amide bonds. The van der Waals surface area contributed by atoms with E-state index in [0.29, 0.717) is 22.0 Å². The summed E-state index contributed by atoms with van der Waals surface area (Å²) in [7, 11) is -1.10. The van der Waals surface area contributed by atoms with E-state index in [-0.39, 0.29) is 17.0 Å². The molecule has 1 N–H and O–H groups in total. The van der Waals surface area contributed by atoms with Crippen LogP contribution in [0.1, 0.15) is 0 Å². The fourth-order valence-corrected chi connectivity index (χ4v) is 4.52. The molecule has 11 heteroatoms. The Morgan fingerprint density at radius 1 is 1.30 bits per heavy atom. The van der Waals surface area contributed by atoms with Crippen LogP contribution in [-0.4, -0.2) is 48.1 Å². The van der Waals surface area contributed by atoms with Crippen LogP contribution in [0.2, 0.25) is 5.02 Å². The van der Waals surface area contributed by atoms with E-state index in [0.717, 1.165) is 16.0 Å². The lowest BCUT2D eigenvalue weighted by atomic mass is 10.3. The van der Waals surface area contributed by atoms with Gasteiger partial charge in [-0.2, -0.15) is 13.1 Å². The minimum Gasteiger partial charge on any atom is -0.495 e. The summed E-state index contributed by atoms with van der Waals surface area (Å²) < 4.78 is 39.7. The average molecular weight is 427 g/mol. The number of sulfonamides is 1. The predicted octanol–water partition coefficient (Wildman–Crippen LogP) is 2.61. The van der Waals surface area contributed by atoms with Gasteiger partial charge >= 0.3 is 0 Å². The second-order valence-electron chi connectivity index (χ2n) is 5.55. The van der Waals surface area contributed by atoms with Crippen molar-refractivity contribution in [1.29, 1.82) is 0 Å². The maximum absolute atomic E-state index is 12.8. The van der Waals surface area contributed by atoms with Gasteiger partial charge in [0.15, 0.2) is 0 Å². The number of likely N-dealkylation sites (N-methyl/N-ethyl adjacent to an activating group) is 1. The van der Waals surface area contributed by atoms with Gasteiger partial charge in [-0.15, -0.1) is 0 Å². The van der Waals surface area contributed by atoms with E-state index in [2.05, 4.69) is 14.1 Å². The summed E-state index contributed by atoms with van der Waals surface area (Å²) in [6.07, 6.45) is 0. The molecule has 0 spiro atoms. The minimum absolute atomic E-state index is 0.0107. The van der Waals surface area contributed by atoms with Crippen LogP contribution >= 0.6 is 23.3 Å². The molecule has 0 saturated heterocycles. The Labute approximate surface area is 165 Å². The second-order valence-corrected chi connectivity index (χ2v) is 8.50. The molecular formula is C16H15ClN4O4S2. The number of carbonyl (C=O) groups excluding carboxylic acids is 1. The Hall–Kier alpha value is -2.27. The monoisotopic (exact) mass is 426 g/mol. The molecule has 0 bridgehead atoms. The summed E-state index contributed by atoms with van der Waals surface area (Å²) in [6, 6.07) is 9.44. The third-order valence-electron chi connectivity index (χ3n) is 3.74. The van der Waals surface area contributed by atoms with Crippen molar-refractivity contribution < 1.29 is 17.9 Å². The first-order valence-electron chi connectivity index (χ1n) is 7.64. The zero-order valence-corrected chi connectivity index (χ0v) is 16.7. The van der Waals surface area contributed by atoms with Crippen LogP contribution in [0.4, 0.5) is 5.69 Å². The van der Waals surface area contributed by atoms with Crippen molar-refractivity contribution in [3.8, 4) is 5.75 Å². The molecule has 0 fully saturated rings. The van der Waals surface area contributed by atoms with Gasteiger partial charge in [0.25, 0.3) is 0 Å². The lowest BCUT2D eigenvalue weighted by Gasteiger charge is -2.17. The van der Waals surface area contributed by atoms with E-state index in [1.54, 1.807) is 24.3 Å². The number of amides is 1. The van der Waals surface area contributed by atoms with E-state index in [9.17, 15) is 13.2 Å². The van der Waals surface area contributed by atoms with Gasteiger partial charge in [0.1, 0.15) is 21.7 Å².